The molecule has 0 fully saturated rings. The number of anilines is 1. The molecule has 6 heteroatoms. The number of amides is 2. The summed E-state index contributed by atoms with van der Waals surface area (Å²) in [7, 11) is 1.55. The van der Waals surface area contributed by atoms with Crippen LogP contribution in [0.2, 0.25) is 0 Å². The Labute approximate surface area is 140 Å². The van der Waals surface area contributed by atoms with E-state index in [-0.39, 0.29) is 11.8 Å². The predicted molar refractivity (Wildman–Crippen MR) is 89.8 cm³/mol. The molecule has 0 saturated carbocycles. The third-order valence-corrected chi connectivity index (χ3v) is 3.29. The number of nitrogens with one attached hydrogen (secondary N) is 2. The van der Waals surface area contributed by atoms with Crippen LogP contribution in [0.5, 0.6) is 0 Å². The Morgan fingerprint density at radius 1 is 1.08 bits per heavy atom. The number of carbonyl (C=O) groups excluding carboxylic acids is 2. The fraction of sp³-hybridized carbons (Fsp3) is 0.167. The van der Waals surface area contributed by atoms with Crippen LogP contribution in [0, 0.1) is 11.3 Å². The highest BCUT2D eigenvalue weighted by molar-refractivity contribution is 6.09. The normalized spacial score (nSPS) is 9.83. The summed E-state index contributed by atoms with van der Waals surface area (Å²) in [6, 6.07) is 15.0. The fourth-order valence-electron chi connectivity index (χ4n) is 2.04. The molecule has 0 heterocycles. The van der Waals surface area contributed by atoms with E-state index in [0.717, 1.165) is 0 Å². The Kier molecular flexibility index (Phi) is 6.06. The number of nitriles is 1. The van der Waals surface area contributed by atoms with Crippen molar-refractivity contribution in [2.75, 3.05) is 25.6 Å². The molecule has 122 valence electrons. The van der Waals surface area contributed by atoms with Gasteiger partial charge in [-0.05, 0) is 36.4 Å². The van der Waals surface area contributed by atoms with Gasteiger partial charge < -0.3 is 15.4 Å². The third-order valence-electron chi connectivity index (χ3n) is 3.29. The van der Waals surface area contributed by atoms with E-state index in [1.807, 2.05) is 6.07 Å². The van der Waals surface area contributed by atoms with Crippen molar-refractivity contribution in [2.24, 2.45) is 0 Å². The highest BCUT2D eigenvalue weighted by atomic mass is 16.5. The zero-order valence-corrected chi connectivity index (χ0v) is 13.2. The van der Waals surface area contributed by atoms with E-state index >= 15 is 0 Å². The number of methoxy groups -OCH3 is 1. The van der Waals surface area contributed by atoms with E-state index in [4.69, 9.17) is 10.00 Å². The molecule has 2 N–H and O–H groups in total. The zero-order valence-electron chi connectivity index (χ0n) is 13.2. The van der Waals surface area contributed by atoms with Crippen LogP contribution < -0.4 is 10.6 Å². The molecule has 0 saturated heterocycles. The molecule has 2 aromatic carbocycles. The highest BCUT2D eigenvalue weighted by Crippen LogP contribution is 2.16. The van der Waals surface area contributed by atoms with Crippen molar-refractivity contribution in [3.63, 3.8) is 0 Å². The van der Waals surface area contributed by atoms with Gasteiger partial charge in [0.15, 0.2) is 0 Å². The summed E-state index contributed by atoms with van der Waals surface area (Å²) in [5.74, 6) is -0.639. The van der Waals surface area contributed by atoms with E-state index in [1.165, 1.54) is 0 Å². The van der Waals surface area contributed by atoms with Crippen LogP contribution in [0.3, 0.4) is 0 Å². The topological polar surface area (TPSA) is 91.2 Å². The first kappa shape index (κ1) is 17.2. The summed E-state index contributed by atoms with van der Waals surface area (Å²) >= 11 is 0. The van der Waals surface area contributed by atoms with Crippen molar-refractivity contribution in [1.29, 1.82) is 5.26 Å². The number of carbonyl (C=O) groups is 2. The van der Waals surface area contributed by atoms with E-state index in [0.29, 0.717) is 35.5 Å². The maximum atomic E-state index is 12.3. The lowest BCUT2D eigenvalue weighted by molar-refractivity contribution is 0.0938. The first-order chi connectivity index (χ1) is 11.7. The van der Waals surface area contributed by atoms with Gasteiger partial charge in [0.25, 0.3) is 11.8 Å². The van der Waals surface area contributed by atoms with Crippen LogP contribution in [0.25, 0.3) is 0 Å². The number of ether oxygens (including phenoxy) is 1. The average molecular weight is 323 g/mol. The highest BCUT2D eigenvalue weighted by Gasteiger charge is 2.13. The largest absolute Gasteiger partial charge is 0.383 e. The molecule has 6 nitrogen and oxygen atoms in total. The smallest absolute Gasteiger partial charge is 0.255 e. The number of rotatable bonds is 6. The number of benzene rings is 2. The summed E-state index contributed by atoms with van der Waals surface area (Å²) in [5, 5.41) is 14.2. The van der Waals surface area contributed by atoms with Crippen molar-refractivity contribution in [3.8, 4) is 6.07 Å². The van der Waals surface area contributed by atoms with E-state index in [2.05, 4.69) is 10.6 Å². The lowest BCUT2D eigenvalue weighted by atomic mass is 10.1. The van der Waals surface area contributed by atoms with E-state index in [1.54, 1.807) is 55.6 Å². The van der Waals surface area contributed by atoms with Crippen LogP contribution in [0.15, 0.2) is 48.5 Å². The van der Waals surface area contributed by atoms with Gasteiger partial charge in [-0.15, -0.1) is 0 Å². The van der Waals surface area contributed by atoms with Gasteiger partial charge in [-0.2, -0.15) is 5.26 Å². The molecule has 0 spiro atoms. The van der Waals surface area contributed by atoms with Gasteiger partial charge in [-0.1, -0.05) is 12.1 Å². The Morgan fingerprint density at radius 3 is 2.46 bits per heavy atom. The molecule has 2 aromatic rings. The standard InChI is InChI=1S/C18H17N3O3/c1-24-11-10-20-18(23)15-4-2-3-5-16(15)21-17(22)14-8-6-13(12-19)7-9-14/h2-9H,10-11H2,1H3,(H,20,23)(H,21,22). The number of para-hydroxylation sites is 1. The maximum Gasteiger partial charge on any atom is 0.255 e. The van der Waals surface area contributed by atoms with Crippen LogP contribution in [-0.4, -0.2) is 32.1 Å². The van der Waals surface area contributed by atoms with Gasteiger partial charge in [0, 0.05) is 19.2 Å². The Hall–Kier alpha value is -3.17. The fourth-order valence-corrected chi connectivity index (χ4v) is 2.04. The predicted octanol–water partition coefficient (Wildman–Crippen LogP) is 2.19. The summed E-state index contributed by atoms with van der Waals surface area (Å²) in [6.07, 6.45) is 0. The Morgan fingerprint density at radius 2 is 1.79 bits per heavy atom. The maximum absolute atomic E-state index is 12.3. The minimum absolute atomic E-state index is 0.289. The average Bonchev–Trinajstić information content (AvgIpc) is 2.62. The van der Waals surface area contributed by atoms with Crippen molar-refractivity contribution in [2.45, 2.75) is 0 Å². The SMILES string of the molecule is COCCNC(=O)c1ccccc1NC(=O)c1ccc(C#N)cc1. The quantitative estimate of drug-likeness (QED) is 0.797. The molecule has 0 radical (unpaired) electrons. The monoisotopic (exact) mass is 323 g/mol. The van der Waals surface area contributed by atoms with Crippen LogP contribution in [-0.2, 0) is 4.74 Å². The molecule has 0 aromatic heterocycles. The summed E-state index contributed by atoms with van der Waals surface area (Å²) in [5.41, 5.74) is 1.67. The lowest BCUT2D eigenvalue weighted by Crippen LogP contribution is -2.28. The third kappa shape index (κ3) is 4.41. The lowest BCUT2D eigenvalue weighted by Gasteiger charge is -2.11. The molecular weight excluding hydrogens is 306 g/mol. The number of nitrogens with zero attached hydrogens (tertiary/aromatic N) is 1. The van der Waals surface area contributed by atoms with Gasteiger partial charge in [0.2, 0.25) is 0 Å². The number of hydrogen-bond acceptors (Lipinski definition) is 4. The first-order valence-electron chi connectivity index (χ1n) is 7.33. The van der Waals surface area contributed by atoms with Crippen molar-refractivity contribution in [3.05, 3.63) is 65.2 Å². The van der Waals surface area contributed by atoms with Gasteiger partial charge in [0.05, 0.1) is 29.5 Å². The van der Waals surface area contributed by atoms with Crippen LogP contribution in [0.1, 0.15) is 26.3 Å². The molecule has 0 unspecified atom stereocenters. The van der Waals surface area contributed by atoms with Gasteiger partial charge in [-0.3, -0.25) is 9.59 Å². The van der Waals surface area contributed by atoms with E-state index < -0.39 is 0 Å². The van der Waals surface area contributed by atoms with Crippen molar-refractivity contribution < 1.29 is 14.3 Å². The zero-order chi connectivity index (χ0) is 17.4. The Balaban J connectivity index is 2.12. The van der Waals surface area contributed by atoms with Crippen LogP contribution >= 0.6 is 0 Å². The molecule has 0 aliphatic carbocycles. The minimum Gasteiger partial charge on any atom is -0.383 e. The first-order valence-corrected chi connectivity index (χ1v) is 7.33. The molecule has 0 aliphatic rings. The molecular formula is C18H17N3O3. The van der Waals surface area contributed by atoms with Crippen molar-refractivity contribution >= 4 is 17.5 Å². The second-order valence-corrected chi connectivity index (χ2v) is 4.94. The Bertz CT molecular complexity index is 764. The summed E-state index contributed by atoms with van der Waals surface area (Å²) in [6.45, 7) is 0.790. The molecule has 0 aliphatic heterocycles. The molecule has 0 bridgehead atoms. The summed E-state index contributed by atoms with van der Waals surface area (Å²) < 4.78 is 4.89. The second-order valence-electron chi connectivity index (χ2n) is 4.94. The molecule has 24 heavy (non-hydrogen) atoms. The van der Waals surface area contributed by atoms with Gasteiger partial charge in [-0.25, -0.2) is 0 Å². The van der Waals surface area contributed by atoms with Gasteiger partial charge >= 0.3 is 0 Å². The molecule has 2 amide bonds. The van der Waals surface area contributed by atoms with E-state index in [9.17, 15) is 9.59 Å². The molecule has 2 rings (SSSR count). The number of hydrogen-bond donors (Lipinski definition) is 2. The van der Waals surface area contributed by atoms with Gasteiger partial charge in [0.1, 0.15) is 0 Å². The second kappa shape index (κ2) is 8.46. The van der Waals surface area contributed by atoms with Crippen molar-refractivity contribution in [1.82, 2.24) is 5.32 Å². The summed E-state index contributed by atoms with van der Waals surface area (Å²) in [4.78, 5) is 24.5. The minimum atomic E-state index is -0.350. The molecule has 0 atom stereocenters. The van der Waals surface area contributed by atoms with Crippen LogP contribution in [0.4, 0.5) is 5.69 Å².